The van der Waals surface area contributed by atoms with Gasteiger partial charge in [-0.05, 0) is 42.5 Å². The Morgan fingerprint density at radius 1 is 0.792 bits per heavy atom. The summed E-state index contributed by atoms with van der Waals surface area (Å²) < 4.78 is 28.0. The lowest BCUT2D eigenvalue weighted by Gasteiger charge is -2.32. The molecule has 0 unspecified atom stereocenters. The lowest BCUT2D eigenvalue weighted by atomic mass is 10.2. The zero-order valence-corrected chi connectivity index (χ0v) is 14.8. The van der Waals surface area contributed by atoms with Crippen molar-refractivity contribution in [2.75, 3.05) is 4.31 Å². The van der Waals surface area contributed by atoms with E-state index in [4.69, 9.17) is 11.6 Å². The Morgan fingerprint density at radius 3 is 2.25 bits per heavy atom. The zero-order chi connectivity index (χ0) is 16.7. The van der Waals surface area contributed by atoms with Gasteiger partial charge in [0.25, 0.3) is 10.0 Å². The molecule has 0 radical (unpaired) electrons. The topological polar surface area (TPSA) is 37.4 Å². The third kappa shape index (κ3) is 2.49. The summed E-state index contributed by atoms with van der Waals surface area (Å²) in [7, 11) is -3.74. The van der Waals surface area contributed by atoms with Crippen LogP contribution in [0.5, 0.6) is 0 Å². The van der Waals surface area contributed by atoms with Crippen molar-refractivity contribution in [3.63, 3.8) is 0 Å². The van der Waals surface area contributed by atoms with Gasteiger partial charge in [0.05, 0.1) is 16.3 Å². The maximum Gasteiger partial charge on any atom is 0.268 e. The molecule has 3 aromatic rings. The first-order valence-electron chi connectivity index (χ1n) is 7.24. The van der Waals surface area contributed by atoms with Crippen molar-refractivity contribution >= 4 is 44.8 Å². The second kappa shape index (κ2) is 5.84. The fourth-order valence-electron chi connectivity index (χ4n) is 2.65. The second-order valence-electron chi connectivity index (χ2n) is 5.26. The van der Waals surface area contributed by atoms with Crippen molar-refractivity contribution in [2.24, 2.45) is 0 Å². The van der Waals surface area contributed by atoms with Gasteiger partial charge in [0.1, 0.15) is 0 Å². The van der Waals surface area contributed by atoms with Crippen LogP contribution >= 0.6 is 23.4 Å². The number of halogens is 1. The van der Waals surface area contributed by atoms with Crippen LogP contribution in [0.1, 0.15) is 0 Å². The molecule has 0 N–H and O–H groups in total. The van der Waals surface area contributed by atoms with E-state index in [9.17, 15) is 8.42 Å². The molecular weight excluding hydrogens is 362 g/mol. The minimum absolute atomic E-state index is 0.248. The Bertz CT molecular complexity index is 1020. The van der Waals surface area contributed by atoms with Gasteiger partial charge in [-0.25, -0.2) is 12.7 Å². The standard InChI is InChI=1S/C18H12ClNO2S2/c19-13-10-11-18-16(12-13)20(15-8-4-5-9-17(15)23-18)24(21,22)14-6-2-1-3-7-14/h1-12H. The van der Waals surface area contributed by atoms with E-state index in [2.05, 4.69) is 0 Å². The molecule has 0 aromatic heterocycles. The number of nitrogens with zero attached hydrogens (tertiary/aromatic N) is 1. The molecule has 4 rings (SSSR count). The van der Waals surface area contributed by atoms with Crippen LogP contribution in [-0.4, -0.2) is 8.42 Å². The Balaban J connectivity index is 2.00. The van der Waals surface area contributed by atoms with E-state index in [1.54, 1.807) is 54.2 Å². The van der Waals surface area contributed by atoms with Gasteiger partial charge < -0.3 is 0 Å². The number of benzene rings is 3. The molecule has 0 spiro atoms. The summed E-state index contributed by atoms with van der Waals surface area (Å²) in [5.74, 6) is 0. The highest BCUT2D eigenvalue weighted by atomic mass is 35.5. The molecule has 0 bridgehead atoms. The zero-order valence-electron chi connectivity index (χ0n) is 12.4. The molecule has 0 saturated heterocycles. The minimum atomic E-state index is -3.74. The quantitative estimate of drug-likeness (QED) is 0.609. The van der Waals surface area contributed by atoms with Crippen molar-refractivity contribution < 1.29 is 8.42 Å². The molecule has 3 nitrogen and oxygen atoms in total. The van der Waals surface area contributed by atoms with E-state index in [0.29, 0.717) is 16.4 Å². The highest BCUT2D eigenvalue weighted by Gasteiger charge is 2.33. The van der Waals surface area contributed by atoms with Crippen LogP contribution in [0.2, 0.25) is 5.02 Å². The summed E-state index contributed by atoms with van der Waals surface area (Å²) in [6.45, 7) is 0. The Labute approximate surface area is 149 Å². The molecule has 0 atom stereocenters. The first-order valence-corrected chi connectivity index (χ1v) is 9.88. The molecule has 6 heteroatoms. The molecule has 1 aliphatic heterocycles. The van der Waals surface area contributed by atoms with E-state index < -0.39 is 10.0 Å². The van der Waals surface area contributed by atoms with Gasteiger partial charge >= 0.3 is 0 Å². The molecule has 1 heterocycles. The first-order chi connectivity index (χ1) is 11.6. The molecule has 0 fully saturated rings. The summed E-state index contributed by atoms with van der Waals surface area (Å²) in [5.41, 5.74) is 1.22. The SMILES string of the molecule is O=S(=O)(c1ccccc1)N1c2ccccc2Sc2ccc(Cl)cc21. The number of hydrogen-bond donors (Lipinski definition) is 0. The van der Waals surface area contributed by atoms with Gasteiger partial charge in [0, 0.05) is 14.8 Å². The summed E-state index contributed by atoms with van der Waals surface area (Å²) in [6, 6.07) is 21.2. The maximum atomic E-state index is 13.3. The number of fused-ring (bicyclic) bond motifs is 2. The molecule has 0 saturated carbocycles. The van der Waals surface area contributed by atoms with Gasteiger partial charge in [-0.3, -0.25) is 0 Å². The van der Waals surface area contributed by atoms with Gasteiger partial charge in [0.15, 0.2) is 0 Å². The highest BCUT2D eigenvalue weighted by Crippen LogP contribution is 2.50. The fraction of sp³-hybridized carbons (Fsp3) is 0. The number of para-hydroxylation sites is 1. The summed E-state index contributed by atoms with van der Waals surface area (Å²) in [4.78, 5) is 2.00. The first kappa shape index (κ1) is 15.6. The van der Waals surface area contributed by atoms with Crippen LogP contribution in [0.3, 0.4) is 0 Å². The second-order valence-corrected chi connectivity index (χ2v) is 8.57. The number of rotatable bonds is 2. The minimum Gasteiger partial charge on any atom is -0.232 e. The third-order valence-corrected chi connectivity index (χ3v) is 6.83. The number of hydrogen-bond acceptors (Lipinski definition) is 3. The molecular formula is C18H12ClNO2S2. The molecule has 1 aliphatic rings. The van der Waals surface area contributed by atoms with Crippen molar-refractivity contribution in [1.82, 2.24) is 0 Å². The third-order valence-electron chi connectivity index (χ3n) is 3.73. The average Bonchev–Trinajstić information content (AvgIpc) is 2.60. The highest BCUT2D eigenvalue weighted by molar-refractivity contribution is 8.00. The van der Waals surface area contributed by atoms with E-state index in [1.807, 2.05) is 30.3 Å². The fourth-order valence-corrected chi connectivity index (χ4v) is 5.51. The van der Waals surface area contributed by atoms with Crippen LogP contribution in [-0.2, 0) is 10.0 Å². The largest absolute Gasteiger partial charge is 0.268 e. The molecule has 0 aliphatic carbocycles. The lowest BCUT2D eigenvalue weighted by molar-refractivity contribution is 0.595. The molecule has 0 amide bonds. The Morgan fingerprint density at radius 2 is 1.46 bits per heavy atom. The predicted octanol–water partition coefficient (Wildman–Crippen LogP) is 5.33. The maximum absolute atomic E-state index is 13.3. The summed E-state index contributed by atoms with van der Waals surface area (Å²) in [5, 5.41) is 0.502. The Kier molecular flexibility index (Phi) is 3.79. The van der Waals surface area contributed by atoms with Crippen molar-refractivity contribution in [1.29, 1.82) is 0 Å². The summed E-state index contributed by atoms with van der Waals surface area (Å²) in [6.07, 6.45) is 0. The van der Waals surface area contributed by atoms with Crippen LogP contribution < -0.4 is 4.31 Å². The average molecular weight is 374 g/mol. The normalized spacial score (nSPS) is 13.3. The van der Waals surface area contributed by atoms with Crippen molar-refractivity contribution in [2.45, 2.75) is 14.7 Å². The lowest BCUT2D eigenvalue weighted by Crippen LogP contribution is -2.28. The van der Waals surface area contributed by atoms with E-state index in [1.165, 1.54) is 4.31 Å². The smallest absolute Gasteiger partial charge is 0.232 e. The van der Waals surface area contributed by atoms with Crippen molar-refractivity contribution in [3.8, 4) is 0 Å². The van der Waals surface area contributed by atoms with Gasteiger partial charge in [-0.2, -0.15) is 0 Å². The van der Waals surface area contributed by atoms with E-state index in [-0.39, 0.29) is 4.90 Å². The number of anilines is 2. The van der Waals surface area contributed by atoms with Crippen molar-refractivity contribution in [3.05, 3.63) is 77.8 Å². The van der Waals surface area contributed by atoms with E-state index in [0.717, 1.165) is 9.79 Å². The molecule has 24 heavy (non-hydrogen) atoms. The predicted molar refractivity (Wildman–Crippen MR) is 97.8 cm³/mol. The monoisotopic (exact) mass is 373 g/mol. The van der Waals surface area contributed by atoms with Crippen LogP contribution in [0, 0.1) is 0 Å². The molecule has 3 aromatic carbocycles. The summed E-state index contributed by atoms with van der Waals surface area (Å²) >= 11 is 7.68. The van der Waals surface area contributed by atoms with Crippen LogP contribution in [0.15, 0.2) is 87.5 Å². The van der Waals surface area contributed by atoms with Gasteiger partial charge in [-0.1, -0.05) is 53.7 Å². The van der Waals surface area contributed by atoms with Crippen LogP contribution in [0.25, 0.3) is 0 Å². The Hall–Kier alpha value is -1.95. The number of sulfonamides is 1. The van der Waals surface area contributed by atoms with Gasteiger partial charge in [-0.15, -0.1) is 0 Å². The van der Waals surface area contributed by atoms with E-state index >= 15 is 0 Å². The van der Waals surface area contributed by atoms with Gasteiger partial charge in [0.2, 0.25) is 0 Å². The van der Waals surface area contributed by atoms with Crippen LogP contribution in [0.4, 0.5) is 11.4 Å². The molecule has 120 valence electrons.